The molecule has 0 spiro atoms. The zero-order valence-corrected chi connectivity index (χ0v) is 24.6. The molecule has 1 aliphatic heterocycles. The van der Waals surface area contributed by atoms with Crippen LogP contribution >= 0.6 is 0 Å². The Bertz CT molecular complexity index is 1550. The van der Waals surface area contributed by atoms with Crippen molar-refractivity contribution in [3.63, 3.8) is 0 Å². The molecule has 1 aliphatic carbocycles. The van der Waals surface area contributed by atoms with Gasteiger partial charge < -0.3 is 19.4 Å². The fourth-order valence-electron chi connectivity index (χ4n) is 6.56. The summed E-state index contributed by atoms with van der Waals surface area (Å²) in [6.07, 6.45) is 0.829. The van der Waals surface area contributed by atoms with E-state index in [1.54, 1.807) is 13.8 Å². The molecule has 1 saturated heterocycles. The van der Waals surface area contributed by atoms with Crippen molar-refractivity contribution in [1.29, 1.82) is 0 Å². The number of nitrogens with one attached hydrogen (secondary N) is 1. The minimum Gasteiger partial charge on any atom is -0.466 e. The van der Waals surface area contributed by atoms with Crippen LogP contribution in [0.25, 0.3) is 11.1 Å². The largest absolute Gasteiger partial charge is 0.466 e. The first-order valence-corrected chi connectivity index (χ1v) is 14.1. The SMILES string of the molecule is CCOC(=O)C[C@H](NC(=O)C1C2C(CN1C(=O)c1coc(C)n1)C2(C)C)c1cc(-c2c(C)cccc2C)cc(F)c1F. The van der Waals surface area contributed by atoms with E-state index in [0.717, 1.165) is 22.8 Å². The van der Waals surface area contributed by atoms with Crippen LogP contribution in [0.2, 0.25) is 0 Å². The minimum atomic E-state index is -1.25. The number of fused-ring (bicyclic) bond motifs is 1. The van der Waals surface area contributed by atoms with Gasteiger partial charge in [-0.25, -0.2) is 13.8 Å². The molecular weight excluding hydrogens is 544 g/mol. The molecule has 2 aliphatic rings. The van der Waals surface area contributed by atoms with E-state index in [1.165, 1.54) is 17.2 Å². The van der Waals surface area contributed by atoms with Crippen LogP contribution in [0.5, 0.6) is 0 Å². The highest BCUT2D eigenvalue weighted by molar-refractivity contribution is 5.97. The second kappa shape index (κ2) is 11.0. The van der Waals surface area contributed by atoms with E-state index in [1.807, 2.05) is 45.9 Å². The average molecular weight is 580 g/mol. The Balaban J connectivity index is 1.52. The van der Waals surface area contributed by atoms with Crippen molar-refractivity contribution in [3.05, 3.63) is 76.5 Å². The predicted octanol–water partition coefficient (Wildman–Crippen LogP) is 5.45. The number of aryl methyl sites for hydroxylation is 3. The van der Waals surface area contributed by atoms with Gasteiger partial charge >= 0.3 is 5.97 Å². The lowest BCUT2D eigenvalue weighted by Crippen LogP contribution is -2.51. The zero-order valence-electron chi connectivity index (χ0n) is 24.6. The van der Waals surface area contributed by atoms with Gasteiger partial charge in [-0.2, -0.15) is 0 Å². The smallest absolute Gasteiger partial charge is 0.308 e. The number of hydrogen-bond donors (Lipinski definition) is 1. The van der Waals surface area contributed by atoms with Crippen molar-refractivity contribution in [2.24, 2.45) is 17.3 Å². The number of halogens is 2. The molecule has 8 nitrogen and oxygen atoms in total. The molecule has 42 heavy (non-hydrogen) atoms. The summed E-state index contributed by atoms with van der Waals surface area (Å²) in [5, 5.41) is 2.79. The van der Waals surface area contributed by atoms with Crippen LogP contribution < -0.4 is 5.32 Å². The molecule has 10 heteroatoms. The molecule has 1 aromatic heterocycles. The van der Waals surface area contributed by atoms with Crippen molar-refractivity contribution in [3.8, 4) is 11.1 Å². The molecule has 0 radical (unpaired) electrons. The van der Waals surface area contributed by atoms with Crippen LogP contribution in [0.4, 0.5) is 8.78 Å². The summed E-state index contributed by atoms with van der Waals surface area (Å²) < 4.78 is 40.9. The Kier molecular flexibility index (Phi) is 7.68. The summed E-state index contributed by atoms with van der Waals surface area (Å²) >= 11 is 0. The second-order valence-corrected chi connectivity index (χ2v) is 11.8. The quantitative estimate of drug-likeness (QED) is 0.356. The molecule has 2 amide bonds. The van der Waals surface area contributed by atoms with Crippen LogP contribution in [0.1, 0.15) is 66.3 Å². The maximum Gasteiger partial charge on any atom is 0.308 e. The van der Waals surface area contributed by atoms with E-state index in [2.05, 4.69) is 10.3 Å². The maximum atomic E-state index is 15.5. The summed E-state index contributed by atoms with van der Waals surface area (Å²) in [4.78, 5) is 45.6. The standard InChI is InChI=1S/C32H35F2N3O5/c1-7-41-25(38)13-23(20-11-19(12-22(33)28(20)34)26-16(2)9-8-10-17(26)3)36-30(39)29-27-21(32(27,5)6)14-37(29)31(40)24-15-42-18(4)35-24/h8-12,15,21,23,27,29H,7,13-14H2,1-6H3,(H,36,39)/t21?,23-,27?,29?/m0/s1. The van der Waals surface area contributed by atoms with E-state index >= 15 is 8.78 Å². The number of amides is 2. The van der Waals surface area contributed by atoms with Gasteiger partial charge in [0.25, 0.3) is 5.91 Å². The Morgan fingerprint density at radius 2 is 1.86 bits per heavy atom. The van der Waals surface area contributed by atoms with E-state index < -0.39 is 47.9 Å². The summed E-state index contributed by atoms with van der Waals surface area (Å²) in [5.41, 5.74) is 2.59. The third-order valence-corrected chi connectivity index (χ3v) is 8.77. The van der Waals surface area contributed by atoms with Crippen molar-refractivity contribution < 1.29 is 32.3 Å². The van der Waals surface area contributed by atoms with Gasteiger partial charge in [-0.15, -0.1) is 0 Å². The number of benzene rings is 2. The highest BCUT2D eigenvalue weighted by Crippen LogP contribution is 2.65. The molecule has 0 bridgehead atoms. The molecule has 222 valence electrons. The van der Waals surface area contributed by atoms with Gasteiger partial charge in [0.2, 0.25) is 5.91 Å². The number of rotatable bonds is 8. The number of oxazole rings is 1. The number of ether oxygens (including phenoxy) is 1. The third kappa shape index (κ3) is 5.18. The van der Waals surface area contributed by atoms with E-state index in [4.69, 9.17) is 9.15 Å². The molecule has 3 unspecified atom stereocenters. The number of hydrogen-bond acceptors (Lipinski definition) is 6. The monoisotopic (exact) mass is 579 g/mol. The van der Waals surface area contributed by atoms with Crippen molar-refractivity contribution in [1.82, 2.24) is 15.2 Å². The van der Waals surface area contributed by atoms with E-state index in [-0.39, 0.29) is 35.1 Å². The van der Waals surface area contributed by atoms with Crippen molar-refractivity contribution >= 4 is 17.8 Å². The average Bonchev–Trinajstić information content (AvgIpc) is 3.29. The predicted molar refractivity (Wildman–Crippen MR) is 150 cm³/mol. The Labute approximate surface area is 243 Å². The highest BCUT2D eigenvalue weighted by atomic mass is 19.2. The number of nitrogens with zero attached hydrogens (tertiary/aromatic N) is 2. The number of carbonyl (C=O) groups excluding carboxylic acids is 3. The summed E-state index contributed by atoms with van der Waals surface area (Å²) in [5.74, 6) is -3.71. The van der Waals surface area contributed by atoms with Crippen LogP contribution in [-0.4, -0.2) is 46.9 Å². The number of likely N-dealkylation sites (tertiary alicyclic amines) is 1. The fourth-order valence-corrected chi connectivity index (χ4v) is 6.56. The highest BCUT2D eigenvalue weighted by Gasteiger charge is 2.69. The van der Waals surface area contributed by atoms with Crippen molar-refractivity contribution in [2.75, 3.05) is 13.2 Å². The Morgan fingerprint density at radius 3 is 2.48 bits per heavy atom. The Morgan fingerprint density at radius 1 is 1.17 bits per heavy atom. The van der Waals surface area contributed by atoms with Crippen LogP contribution in [0, 0.1) is 49.7 Å². The van der Waals surface area contributed by atoms with Gasteiger partial charge in [-0.05, 0) is 72.4 Å². The van der Waals surface area contributed by atoms with Gasteiger partial charge in [0.05, 0.1) is 19.1 Å². The zero-order chi connectivity index (χ0) is 30.5. The number of carbonyl (C=O) groups is 3. The number of piperidine rings is 1. The molecule has 4 atom stereocenters. The topological polar surface area (TPSA) is 102 Å². The van der Waals surface area contributed by atoms with E-state index in [0.29, 0.717) is 18.0 Å². The first kappa shape index (κ1) is 29.4. The molecular formula is C32H35F2N3O5. The second-order valence-electron chi connectivity index (χ2n) is 11.8. The van der Waals surface area contributed by atoms with E-state index in [9.17, 15) is 14.4 Å². The summed E-state index contributed by atoms with van der Waals surface area (Å²) in [6, 6.07) is 6.06. The molecule has 2 fully saturated rings. The third-order valence-electron chi connectivity index (χ3n) is 8.77. The summed E-state index contributed by atoms with van der Waals surface area (Å²) in [7, 11) is 0. The molecule has 5 rings (SSSR count). The lowest BCUT2D eigenvalue weighted by atomic mass is 9.91. The van der Waals surface area contributed by atoms with Crippen molar-refractivity contribution in [2.45, 2.75) is 60.0 Å². The first-order chi connectivity index (χ1) is 19.8. The normalized spacial score (nSPS) is 21.0. The van der Waals surface area contributed by atoms with Crippen LogP contribution in [0.3, 0.4) is 0 Å². The van der Waals surface area contributed by atoms with Gasteiger partial charge in [0.15, 0.2) is 23.2 Å². The lowest BCUT2D eigenvalue weighted by molar-refractivity contribution is -0.144. The molecule has 1 N–H and O–H groups in total. The number of esters is 1. The maximum absolute atomic E-state index is 15.5. The first-order valence-electron chi connectivity index (χ1n) is 14.1. The van der Waals surface area contributed by atoms with Crippen LogP contribution in [-0.2, 0) is 14.3 Å². The molecule has 2 aromatic carbocycles. The van der Waals surface area contributed by atoms with Gasteiger partial charge in [0, 0.05) is 19.0 Å². The summed E-state index contributed by atoms with van der Waals surface area (Å²) in [6.45, 7) is 11.5. The molecule has 3 aromatic rings. The number of aromatic nitrogens is 1. The lowest BCUT2D eigenvalue weighted by Gasteiger charge is -2.31. The minimum absolute atomic E-state index is 0.0789. The van der Waals surface area contributed by atoms with Crippen LogP contribution in [0.15, 0.2) is 41.0 Å². The fraction of sp³-hybridized carbons (Fsp3) is 0.438. The van der Waals surface area contributed by atoms with Gasteiger partial charge in [0.1, 0.15) is 12.3 Å². The van der Waals surface area contributed by atoms with Gasteiger partial charge in [-0.1, -0.05) is 32.0 Å². The molecule has 1 saturated carbocycles. The Hall–Kier alpha value is -4.08. The molecule has 2 heterocycles. The van der Waals surface area contributed by atoms with Gasteiger partial charge in [-0.3, -0.25) is 14.4 Å².